The number of amides is 1. The van der Waals surface area contributed by atoms with E-state index in [4.69, 9.17) is 5.73 Å². The number of hydrogen-bond acceptors (Lipinski definition) is 3. The predicted octanol–water partition coefficient (Wildman–Crippen LogP) is 0.467. The first-order valence-corrected chi connectivity index (χ1v) is 6.07. The van der Waals surface area contributed by atoms with E-state index in [-0.39, 0.29) is 5.91 Å². The number of carbonyl (C=O) groups is 1. The van der Waals surface area contributed by atoms with Crippen LogP contribution < -0.4 is 11.1 Å². The molecule has 1 saturated heterocycles. The van der Waals surface area contributed by atoms with Crippen molar-refractivity contribution in [2.45, 2.75) is 6.92 Å². The van der Waals surface area contributed by atoms with Gasteiger partial charge < -0.3 is 16.0 Å². The summed E-state index contributed by atoms with van der Waals surface area (Å²) in [5, 5.41) is 3.28. The predicted molar refractivity (Wildman–Crippen MR) is 72.5 cm³/mol. The lowest BCUT2D eigenvalue weighted by atomic mass is 10.1. The molecule has 1 aliphatic heterocycles. The highest BCUT2D eigenvalue weighted by Crippen LogP contribution is 2.11. The molecule has 0 saturated carbocycles. The number of carbonyl (C=O) groups excluding carboxylic acids is 1. The molecule has 0 spiro atoms. The maximum Gasteiger partial charge on any atom is 0.244 e. The highest BCUT2D eigenvalue weighted by Gasteiger charge is 2.17. The van der Waals surface area contributed by atoms with E-state index in [1.807, 2.05) is 24.3 Å². The molecule has 2 rings (SSSR count). The maximum atomic E-state index is 11.3. The molecule has 5 nitrogen and oxygen atoms in total. The molecule has 1 fully saturated rings. The van der Waals surface area contributed by atoms with Crippen LogP contribution in [0.5, 0.6) is 0 Å². The number of amidine groups is 1. The van der Waals surface area contributed by atoms with Crippen LogP contribution >= 0.6 is 0 Å². The van der Waals surface area contributed by atoms with Crippen LogP contribution in [0.25, 0.3) is 0 Å². The average molecular weight is 246 g/mol. The van der Waals surface area contributed by atoms with Crippen LogP contribution in [0.1, 0.15) is 12.5 Å². The van der Waals surface area contributed by atoms with Gasteiger partial charge in [0.25, 0.3) is 0 Å². The number of benzene rings is 1. The fourth-order valence-electron chi connectivity index (χ4n) is 2.02. The number of piperazine rings is 1. The number of rotatable bonds is 1. The molecule has 0 aliphatic carbocycles. The van der Waals surface area contributed by atoms with E-state index >= 15 is 0 Å². The van der Waals surface area contributed by atoms with E-state index in [1.165, 1.54) is 6.92 Å². The Kier molecular flexibility index (Phi) is 3.94. The van der Waals surface area contributed by atoms with Gasteiger partial charge in [-0.15, -0.1) is 0 Å². The Morgan fingerprint density at radius 2 is 2.11 bits per heavy atom. The third-order valence-electron chi connectivity index (χ3n) is 2.82. The minimum Gasteiger partial charge on any atom is -0.399 e. The first-order valence-electron chi connectivity index (χ1n) is 6.07. The topological polar surface area (TPSA) is 70.7 Å². The summed E-state index contributed by atoms with van der Waals surface area (Å²) in [6, 6.07) is 7.49. The molecule has 1 heterocycles. The molecule has 1 amide bonds. The van der Waals surface area contributed by atoms with Gasteiger partial charge >= 0.3 is 0 Å². The van der Waals surface area contributed by atoms with E-state index in [9.17, 15) is 4.79 Å². The molecule has 0 bridgehead atoms. The maximum absolute atomic E-state index is 11.3. The van der Waals surface area contributed by atoms with Gasteiger partial charge in [0.1, 0.15) is 5.84 Å². The van der Waals surface area contributed by atoms with E-state index < -0.39 is 0 Å². The van der Waals surface area contributed by atoms with Crippen LogP contribution in [0.15, 0.2) is 29.3 Å². The van der Waals surface area contributed by atoms with E-state index in [1.54, 1.807) is 0 Å². The molecule has 0 radical (unpaired) electrons. The van der Waals surface area contributed by atoms with Gasteiger partial charge in [0.15, 0.2) is 0 Å². The number of nitrogen functional groups attached to an aromatic ring is 1. The summed E-state index contributed by atoms with van der Waals surface area (Å²) in [7, 11) is 0. The second-order valence-electron chi connectivity index (χ2n) is 4.32. The van der Waals surface area contributed by atoms with E-state index in [0.717, 1.165) is 37.6 Å². The van der Waals surface area contributed by atoms with Gasteiger partial charge in [-0.05, 0) is 12.1 Å². The number of nitrogens with two attached hydrogens (primary N) is 1. The van der Waals surface area contributed by atoms with Crippen molar-refractivity contribution >= 4 is 17.4 Å². The van der Waals surface area contributed by atoms with Crippen molar-refractivity contribution in [2.24, 2.45) is 4.99 Å². The van der Waals surface area contributed by atoms with Crippen molar-refractivity contribution in [1.82, 2.24) is 10.2 Å². The Hall–Kier alpha value is -1.88. The molecular weight excluding hydrogens is 228 g/mol. The van der Waals surface area contributed by atoms with Gasteiger partial charge in [0.05, 0.1) is 0 Å². The molecule has 18 heavy (non-hydrogen) atoms. The zero-order valence-electron chi connectivity index (χ0n) is 10.5. The van der Waals surface area contributed by atoms with Crippen LogP contribution in [0.3, 0.4) is 0 Å². The second kappa shape index (κ2) is 5.64. The summed E-state index contributed by atoms with van der Waals surface area (Å²) >= 11 is 0. The van der Waals surface area contributed by atoms with Gasteiger partial charge in [-0.1, -0.05) is 12.1 Å². The zero-order chi connectivity index (χ0) is 13.0. The molecule has 0 unspecified atom stereocenters. The largest absolute Gasteiger partial charge is 0.399 e. The molecule has 0 aromatic heterocycles. The second-order valence-corrected chi connectivity index (χ2v) is 4.32. The molecule has 3 N–H and O–H groups in total. The summed E-state index contributed by atoms with van der Waals surface area (Å²) in [6.45, 7) is 4.97. The third kappa shape index (κ3) is 3.07. The van der Waals surface area contributed by atoms with Crippen molar-refractivity contribution < 1.29 is 4.79 Å². The molecule has 1 aromatic rings. The molecule has 1 aliphatic rings. The summed E-state index contributed by atoms with van der Waals surface area (Å²) < 4.78 is 0. The van der Waals surface area contributed by atoms with Crippen molar-refractivity contribution in [3.05, 3.63) is 29.8 Å². The zero-order valence-corrected chi connectivity index (χ0v) is 10.5. The van der Waals surface area contributed by atoms with E-state index in [2.05, 4.69) is 15.2 Å². The van der Waals surface area contributed by atoms with Crippen LogP contribution in [0.4, 0.5) is 5.69 Å². The lowest BCUT2D eigenvalue weighted by molar-refractivity contribution is -0.115. The highest BCUT2D eigenvalue weighted by molar-refractivity contribution is 6.05. The number of aliphatic imine (C=N–C) groups is 1. The van der Waals surface area contributed by atoms with Crippen molar-refractivity contribution in [3.63, 3.8) is 0 Å². The summed E-state index contributed by atoms with van der Waals surface area (Å²) in [5.74, 6) is 0.530. The van der Waals surface area contributed by atoms with Crippen molar-refractivity contribution in [1.29, 1.82) is 0 Å². The lowest BCUT2D eigenvalue weighted by Gasteiger charge is -2.30. The normalized spacial score (nSPS) is 16.7. The Labute approximate surface area is 107 Å². The van der Waals surface area contributed by atoms with Gasteiger partial charge in [0.2, 0.25) is 5.91 Å². The molecule has 96 valence electrons. The Bertz CT molecular complexity index is 464. The lowest BCUT2D eigenvalue weighted by Crippen LogP contribution is -2.47. The highest BCUT2D eigenvalue weighted by atomic mass is 16.1. The van der Waals surface area contributed by atoms with Crippen LogP contribution in [0, 0.1) is 0 Å². The number of hydrogen-bond donors (Lipinski definition) is 2. The third-order valence-corrected chi connectivity index (χ3v) is 2.82. The van der Waals surface area contributed by atoms with E-state index in [0.29, 0.717) is 5.69 Å². The quantitative estimate of drug-likeness (QED) is 0.429. The fourth-order valence-corrected chi connectivity index (χ4v) is 2.02. The van der Waals surface area contributed by atoms with Crippen molar-refractivity contribution in [2.75, 3.05) is 31.9 Å². The van der Waals surface area contributed by atoms with Crippen molar-refractivity contribution in [3.8, 4) is 0 Å². The number of nitrogens with zero attached hydrogens (tertiary/aromatic N) is 2. The Morgan fingerprint density at radius 3 is 2.72 bits per heavy atom. The molecule has 5 heteroatoms. The summed E-state index contributed by atoms with van der Waals surface area (Å²) in [4.78, 5) is 17.5. The average Bonchev–Trinajstić information content (AvgIpc) is 2.37. The van der Waals surface area contributed by atoms with Gasteiger partial charge in [-0.2, -0.15) is 4.99 Å². The molecule has 1 aromatic carbocycles. The smallest absolute Gasteiger partial charge is 0.244 e. The monoisotopic (exact) mass is 246 g/mol. The summed E-state index contributed by atoms with van der Waals surface area (Å²) in [5.41, 5.74) is 7.36. The number of nitrogens with one attached hydrogen (secondary N) is 1. The molecular formula is C13H18N4O. The number of anilines is 1. The van der Waals surface area contributed by atoms with Crippen LogP contribution in [-0.2, 0) is 4.79 Å². The van der Waals surface area contributed by atoms with Crippen LogP contribution in [0.2, 0.25) is 0 Å². The SMILES string of the molecule is CC(=O)N=C(c1cccc(N)c1)N1CCNCC1. The minimum atomic E-state index is -0.189. The van der Waals surface area contributed by atoms with Gasteiger partial charge in [0, 0.05) is 44.4 Å². The first-order chi connectivity index (χ1) is 8.66. The first kappa shape index (κ1) is 12.6. The fraction of sp³-hybridized carbons (Fsp3) is 0.385. The summed E-state index contributed by atoms with van der Waals surface area (Å²) in [6.07, 6.45) is 0. The molecule has 0 atom stereocenters. The van der Waals surface area contributed by atoms with Gasteiger partial charge in [-0.25, -0.2) is 0 Å². The van der Waals surface area contributed by atoms with Gasteiger partial charge in [-0.3, -0.25) is 4.79 Å². The standard InChI is InChI=1S/C13H18N4O/c1-10(18)16-13(17-7-5-15-6-8-17)11-3-2-4-12(14)9-11/h2-4,9,15H,5-8,14H2,1H3. The Balaban J connectivity index is 2.33. The Morgan fingerprint density at radius 1 is 1.39 bits per heavy atom. The minimum absolute atomic E-state index is 0.189. The van der Waals surface area contributed by atoms with Crippen LogP contribution in [-0.4, -0.2) is 42.8 Å².